The first-order chi connectivity index (χ1) is 8.99. The maximum absolute atomic E-state index is 11.5. The van der Waals surface area contributed by atoms with E-state index in [-0.39, 0.29) is 12.5 Å². The van der Waals surface area contributed by atoms with E-state index in [2.05, 4.69) is 0 Å². The Balaban J connectivity index is 2.04. The molecule has 1 atom stereocenters. The van der Waals surface area contributed by atoms with Gasteiger partial charge in [0.25, 0.3) is 0 Å². The van der Waals surface area contributed by atoms with Crippen LogP contribution < -0.4 is 4.90 Å². The van der Waals surface area contributed by atoms with E-state index in [4.69, 9.17) is 9.84 Å². The number of ether oxygens (including phenoxy) is 1. The Morgan fingerprint density at radius 2 is 2.26 bits per heavy atom. The number of aliphatic hydroxyl groups excluding tert-OH is 1. The van der Waals surface area contributed by atoms with Gasteiger partial charge in [-0.05, 0) is 17.2 Å². The number of hydrogen-bond donors (Lipinski definition) is 2. The largest absolute Gasteiger partial charge is 0.480 e. The Morgan fingerprint density at radius 3 is 2.95 bits per heavy atom. The summed E-state index contributed by atoms with van der Waals surface area (Å²) in [6.45, 7) is -0.530. The number of amides is 1. The van der Waals surface area contributed by atoms with Crippen LogP contribution in [0.4, 0.5) is 5.69 Å². The summed E-state index contributed by atoms with van der Waals surface area (Å²) < 4.78 is 4.85. The van der Waals surface area contributed by atoms with Gasteiger partial charge in [-0.2, -0.15) is 0 Å². The average molecular weight is 265 g/mol. The van der Waals surface area contributed by atoms with Gasteiger partial charge in [0.15, 0.2) is 0 Å². The first-order valence-corrected chi connectivity index (χ1v) is 5.86. The second-order valence-electron chi connectivity index (χ2n) is 4.44. The lowest BCUT2D eigenvalue weighted by Crippen LogP contribution is -2.20. The molecule has 1 unspecified atom stereocenters. The number of fused-ring (bicyclic) bond motifs is 1. The van der Waals surface area contributed by atoms with Gasteiger partial charge in [-0.1, -0.05) is 12.1 Å². The highest BCUT2D eigenvalue weighted by Crippen LogP contribution is 2.30. The summed E-state index contributed by atoms with van der Waals surface area (Å²) in [6, 6.07) is 5.24. The van der Waals surface area contributed by atoms with Crippen molar-refractivity contribution in [2.75, 3.05) is 25.2 Å². The first-order valence-electron chi connectivity index (χ1n) is 5.86. The fourth-order valence-electron chi connectivity index (χ4n) is 2.05. The third-order valence-electron chi connectivity index (χ3n) is 3.07. The van der Waals surface area contributed by atoms with Gasteiger partial charge in [-0.3, -0.25) is 4.79 Å². The van der Waals surface area contributed by atoms with E-state index in [1.165, 1.54) is 0 Å². The van der Waals surface area contributed by atoms with Crippen LogP contribution in [-0.2, 0) is 20.7 Å². The molecular weight excluding hydrogens is 250 g/mol. The van der Waals surface area contributed by atoms with E-state index in [0.717, 1.165) is 11.3 Å². The molecular formula is C13H15NO5. The van der Waals surface area contributed by atoms with Crippen molar-refractivity contribution >= 4 is 17.6 Å². The second kappa shape index (κ2) is 5.38. The maximum atomic E-state index is 11.5. The van der Waals surface area contributed by atoms with Gasteiger partial charge in [-0.15, -0.1) is 0 Å². The number of aliphatic hydroxyl groups is 1. The summed E-state index contributed by atoms with van der Waals surface area (Å²) in [6.07, 6.45) is -0.576. The number of carboxylic acid groups (broad SMARTS) is 1. The van der Waals surface area contributed by atoms with Crippen molar-refractivity contribution in [3.8, 4) is 0 Å². The van der Waals surface area contributed by atoms with Crippen LogP contribution in [0.3, 0.4) is 0 Å². The highest BCUT2D eigenvalue weighted by atomic mass is 16.5. The number of rotatable bonds is 5. The smallest absolute Gasteiger partial charge is 0.329 e. The van der Waals surface area contributed by atoms with Crippen LogP contribution in [0.1, 0.15) is 17.2 Å². The Bertz CT molecular complexity index is 514. The molecule has 1 aromatic carbocycles. The van der Waals surface area contributed by atoms with E-state index in [1.54, 1.807) is 30.1 Å². The van der Waals surface area contributed by atoms with Crippen molar-refractivity contribution in [2.24, 2.45) is 0 Å². The van der Waals surface area contributed by atoms with Crippen LogP contribution in [-0.4, -0.2) is 42.4 Å². The number of anilines is 1. The zero-order valence-corrected chi connectivity index (χ0v) is 10.5. The third kappa shape index (κ3) is 2.91. The van der Waals surface area contributed by atoms with Crippen molar-refractivity contribution in [1.29, 1.82) is 0 Å². The molecule has 102 valence electrons. The van der Waals surface area contributed by atoms with Crippen LogP contribution in [0, 0.1) is 0 Å². The average Bonchev–Trinajstić information content (AvgIpc) is 2.64. The molecule has 1 heterocycles. The second-order valence-corrected chi connectivity index (χ2v) is 4.44. The van der Waals surface area contributed by atoms with Gasteiger partial charge in [0, 0.05) is 12.7 Å². The molecule has 0 saturated carbocycles. The lowest BCUT2D eigenvalue weighted by Gasteiger charge is -2.14. The molecule has 6 heteroatoms. The predicted octanol–water partition coefficient (Wildman–Crippen LogP) is 0.340. The fourth-order valence-corrected chi connectivity index (χ4v) is 2.05. The van der Waals surface area contributed by atoms with Crippen molar-refractivity contribution in [2.45, 2.75) is 12.5 Å². The SMILES string of the molecule is CN1C(=O)Cc2cc(C(O)COCC(=O)O)ccc21. The van der Waals surface area contributed by atoms with Crippen LogP contribution >= 0.6 is 0 Å². The minimum atomic E-state index is -1.08. The van der Waals surface area contributed by atoms with Crippen molar-refractivity contribution in [3.63, 3.8) is 0 Å². The monoisotopic (exact) mass is 265 g/mol. The normalized spacial score (nSPS) is 15.5. The maximum Gasteiger partial charge on any atom is 0.329 e. The number of carbonyl (C=O) groups excluding carboxylic acids is 1. The zero-order valence-electron chi connectivity index (χ0n) is 10.5. The minimum Gasteiger partial charge on any atom is -0.480 e. The molecule has 1 aliphatic heterocycles. The van der Waals surface area contributed by atoms with Gasteiger partial charge >= 0.3 is 5.97 Å². The third-order valence-corrected chi connectivity index (χ3v) is 3.07. The van der Waals surface area contributed by atoms with E-state index in [1.807, 2.05) is 0 Å². The lowest BCUT2D eigenvalue weighted by molar-refractivity contribution is -0.143. The summed E-state index contributed by atoms with van der Waals surface area (Å²) in [5.41, 5.74) is 2.32. The zero-order chi connectivity index (χ0) is 14.0. The molecule has 0 spiro atoms. The van der Waals surface area contributed by atoms with Gasteiger partial charge in [0.2, 0.25) is 5.91 Å². The van der Waals surface area contributed by atoms with Crippen molar-refractivity contribution in [3.05, 3.63) is 29.3 Å². The molecule has 0 fully saturated rings. The number of aliphatic carboxylic acids is 1. The Kier molecular flexibility index (Phi) is 3.82. The quantitative estimate of drug-likeness (QED) is 0.801. The molecule has 0 radical (unpaired) electrons. The number of carbonyl (C=O) groups is 2. The fraction of sp³-hybridized carbons (Fsp3) is 0.385. The molecule has 0 aromatic heterocycles. The first kappa shape index (κ1) is 13.5. The molecule has 6 nitrogen and oxygen atoms in total. The van der Waals surface area contributed by atoms with Crippen LogP contribution in [0.2, 0.25) is 0 Å². The van der Waals surface area contributed by atoms with Crippen molar-refractivity contribution < 1.29 is 24.5 Å². The number of likely N-dealkylation sites (N-methyl/N-ethyl adjacent to an activating group) is 1. The molecule has 0 bridgehead atoms. The molecule has 1 amide bonds. The summed E-state index contributed by atoms with van der Waals surface area (Å²) >= 11 is 0. The summed E-state index contributed by atoms with van der Waals surface area (Å²) in [4.78, 5) is 23.4. The molecule has 2 N–H and O–H groups in total. The summed E-state index contributed by atoms with van der Waals surface area (Å²) in [5, 5.41) is 18.3. The molecule has 19 heavy (non-hydrogen) atoms. The molecule has 1 aromatic rings. The Hall–Kier alpha value is -1.92. The topological polar surface area (TPSA) is 87.1 Å². The summed E-state index contributed by atoms with van der Waals surface area (Å²) in [5.74, 6) is -1.06. The Morgan fingerprint density at radius 1 is 1.53 bits per heavy atom. The van der Waals surface area contributed by atoms with Crippen molar-refractivity contribution in [1.82, 2.24) is 0 Å². The minimum absolute atomic E-state index is 0.0174. The highest BCUT2D eigenvalue weighted by molar-refractivity contribution is 6.00. The van der Waals surface area contributed by atoms with E-state index < -0.39 is 18.7 Å². The molecule has 0 aliphatic carbocycles. The molecule has 0 saturated heterocycles. The van der Waals surface area contributed by atoms with Gasteiger partial charge in [0.05, 0.1) is 13.0 Å². The Labute approximate surface area is 110 Å². The number of benzene rings is 1. The number of nitrogens with zero attached hydrogens (tertiary/aromatic N) is 1. The van der Waals surface area contributed by atoms with Gasteiger partial charge in [0.1, 0.15) is 12.7 Å². The van der Waals surface area contributed by atoms with Crippen LogP contribution in [0.15, 0.2) is 18.2 Å². The number of hydrogen-bond acceptors (Lipinski definition) is 4. The standard InChI is InChI=1S/C13H15NO5/c1-14-10-3-2-8(4-9(10)5-12(14)16)11(15)6-19-7-13(17)18/h2-4,11,15H,5-7H2,1H3,(H,17,18). The van der Waals surface area contributed by atoms with E-state index in [9.17, 15) is 14.7 Å². The lowest BCUT2D eigenvalue weighted by atomic mass is 10.0. The summed E-state index contributed by atoms with van der Waals surface area (Å²) in [7, 11) is 1.71. The molecule has 1 aliphatic rings. The van der Waals surface area contributed by atoms with Crippen LogP contribution in [0.25, 0.3) is 0 Å². The van der Waals surface area contributed by atoms with E-state index >= 15 is 0 Å². The number of carboxylic acids is 1. The molecule has 2 rings (SSSR count). The van der Waals surface area contributed by atoms with Gasteiger partial charge < -0.3 is 19.8 Å². The highest BCUT2D eigenvalue weighted by Gasteiger charge is 2.24. The van der Waals surface area contributed by atoms with Gasteiger partial charge in [-0.25, -0.2) is 4.79 Å². The predicted molar refractivity (Wildman–Crippen MR) is 67.0 cm³/mol. The van der Waals surface area contributed by atoms with E-state index in [0.29, 0.717) is 12.0 Å². The van der Waals surface area contributed by atoms with Crippen LogP contribution in [0.5, 0.6) is 0 Å².